The number of ether oxygens (including phenoxy) is 1. The average molecular weight is 314 g/mol. The van der Waals surface area contributed by atoms with Crippen LogP contribution in [0.15, 0.2) is 36.4 Å². The molecule has 0 aliphatic rings. The molecule has 1 atom stereocenters. The highest BCUT2D eigenvalue weighted by molar-refractivity contribution is 6.34. The van der Waals surface area contributed by atoms with E-state index in [0.29, 0.717) is 28.0 Å². The van der Waals surface area contributed by atoms with Crippen LogP contribution in [0, 0.1) is 5.82 Å². The summed E-state index contributed by atoms with van der Waals surface area (Å²) in [6.07, 6.45) is 0. The zero-order valence-corrected chi connectivity index (χ0v) is 12.4. The van der Waals surface area contributed by atoms with E-state index in [0.717, 1.165) is 5.56 Å². The Morgan fingerprint density at radius 3 is 2.40 bits per heavy atom. The normalized spacial score (nSPS) is 12.2. The summed E-state index contributed by atoms with van der Waals surface area (Å²) in [4.78, 5) is 0. The van der Waals surface area contributed by atoms with E-state index >= 15 is 0 Å². The number of hydrogen-bond donors (Lipinski definition) is 1. The molecule has 0 bridgehead atoms. The number of benzene rings is 2. The standard InChI is InChI=1S/C15H14Cl2FNO/c1-2-20-14-8-12(16)11(7-13(14)17)15(19)9-3-5-10(18)6-4-9/h3-8,15H,2,19H2,1H3. The van der Waals surface area contributed by atoms with E-state index in [2.05, 4.69) is 0 Å². The first-order chi connectivity index (χ1) is 9.52. The molecule has 2 aromatic carbocycles. The highest BCUT2D eigenvalue weighted by Gasteiger charge is 2.16. The van der Waals surface area contributed by atoms with Gasteiger partial charge in [-0.15, -0.1) is 0 Å². The molecule has 0 aliphatic heterocycles. The van der Waals surface area contributed by atoms with Crippen LogP contribution in [0.2, 0.25) is 10.0 Å². The van der Waals surface area contributed by atoms with Crippen LogP contribution in [-0.2, 0) is 0 Å². The van der Waals surface area contributed by atoms with Gasteiger partial charge >= 0.3 is 0 Å². The Morgan fingerprint density at radius 1 is 1.15 bits per heavy atom. The van der Waals surface area contributed by atoms with Crippen LogP contribution >= 0.6 is 23.2 Å². The Kier molecular flexibility index (Phi) is 4.86. The molecule has 0 heterocycles. The van der Waals surface area contributed by atoms with Crippen LogP contribution in [0.5, 0.6) is 5.75 Å². The highest BCUT2D eigenvalue weighted by atomic mass is 35.5. The zero-order chi connectivity index (χ0) is 14.7. The van der Waals surface area contributed by atoms with Gasteiger partial charge in [-0.05, 0) is 36.2 Å². The summed E-state index contributed by atoms with van der Waals surface area (Å²) < 4.78 is 18.3. The van der Waals surface area contributed by atoms with Crippen molar-refractivity contribution in [3.8, 4) is 5.75 Å². The SMILES string of the molecule is CCOc1cc(Cl)c(C(N)c2ccc(F)cc2)cc1Cl. The van der Waals surface area contributed by atoms with Crippen molar-refractivity contribution in [2.45, 2.75) is 13.0 Å². The highest BCUT2D eigenvalue weighted by Crippen LogP contribution is 2.35. The average Bonchev–Trinajstić information content (AvgIpc) is 2.43. The monoisotopic (exact) mass is 313 g/mol. The lowest BCUT2D eigenvalue weighted by Crippen LogP contribution is -2.12. The molecule has 0 spiro atoms. The number of hydrogen-bond acceptors (Lipinski definition) is 2. The summed E-state index contributed by atoms with van der Waals surface area (Å²) in [5, 5.41) is 0.915. The summed E-state index contributed by atoms with van der Waals surface area (Å²) in [6.45, 7) is 2.36. The molecular formula is C15H14Cl2FNO. The van der Waals surface area contributed by atoms with Gasteiger partial charge < -0.3 is 10.5 Å². The van der Waals surface area contributed by atoms with Crippen LogP contribution in [0.3, 0.4) is 0 Å². The fraction of sp³-hybridized carbons (Fsp3) is 0.200. The molecule has 20 heavy (non-hydrogen) atoms. The van der Waals surface area contributed by atoms with Crippen LogP contribution in [0.1, 0.15) is 24.1 Å². The molecule has 0 aromatic heterocycles. The van der Waals surface area contributed by atoms with Gasteiger partial charge in [0.25, 0.3) is 0 Å². The predicted octanol–water partition coefficient (Wildman–Crippen LogP) is 4.58. The van der Waals surface area contributed by atoms with E-state index in [9.17, 15) is 4.39 Å². The molecule has 2 aromatic rings. The van der Waals surface area contributed by atoms with Gasteiger partial charge in [0.2, 0.25) is 0 Å². The van der Waals surface area contributed by atoms with Crippen molar-refractivity contribution in [3.63, 3.8) is 0 Å². The van der Waals surface area contributed by atoms with Gasteiger partial charge in [-0.3, -0.25) is 0 Å². The van der Waals surface area contributed by atoms with Crippen LogP contribution < -0.4 is 10.5 Å². The zero-order valence-electron chi connectivity index (χ0n) is 10.9. The third kappa shape index (κ3) is 3.23. The maximum atomic E-state index is 12.9. The molecule has 1 unspecified atom stereocenters. The number of nitrogens with two attached hydrogens (primary N) is 1. The third-order valence-electron chi connectivity index (χ3n) is 2.92. The van der Waals surface area contributed by atoms with Crippen molar-refractivity contribution in [3.05, 3.63) is 63.4 Å². The molecule has 2 N–H and O–H groups in total. The van der Waals surface area contributed by atoms with Gasteiger partial charge in [0.05, 0.1) is 17.7 Å². The quantitative estimate of drug-likeness (QED) is 0.896. The summed E-state index contributed by atoms with van der Waals surface area (Å²) in [5.74, 6) is 0.214. The Balaban J connectivity index is 2.37. The Morgan fingerprint density at radius 2 is 1.80 bits per heavy atom. The number of rotatable bonds is 4. The van der Waals surface area contributed by atoms with E-state index in [4.69, 9.17) is 33.7 Å². The maximum Gasteiger partial charge on any atom is 0.139 e. The van der Waals surface area contributed by atoms with Gasteiger partial charge in [-0.1, -0.05) is 35.3 Å². The van der Waals surface area contributed by atoms with Gasteiger partial charge in [0, 0.05) is 11.1 Å². The lowest BCUT2D eigenvalue weighted by atomic mass is 9.99. The molecule has 0 fully saturated rings. The summed E-state index contributed by atoms with van der Waals surface area (Å²) in [5.41, 5.74) is 7.58. The Hall–Kier alpha value is -1.29. The Labute approximate surface area is 127 Å². The minimum atomic E-state index is -0.476. The second-order valence-corrected chi connectivity index (χ2v) is 5.08. The predicted molar refractivity (Wildman–Crippen MR) is 80.1 cm³/mol. The van der Waals surface area contributed by atoms with E-state index in [1.54, 1.807) is 24.3 Å². The third-order valence-corrected chi connectivity index (χ3v) is 3.54. The van der Waals surface area contributed by atoms with Gasteiger partial charge in [0.1, 0.15) is 11.6 Å². The van der Waals surface area contributed by atoms with Gasteiger partial charge in [0.15, 0.2) is 0 Å². The molecule has 2 rings (SSSR count). The maximum absolute atomic E-state index is 12.9. The first kappa shape index (κ1) is 15.1. The van der Waals surface area contributed by atoms with E-state index < -0.39 is 6.04 Å². The fourth-order valence-corrected chi connectivity index (χ4v) is 2.40. The molecule has 0 saturated carbocycles. The van der Waals surface area contributed by atoms with Crippen molar-refractivity contribution in [2.24, 2.45) is 5.73 Å². The van der Waals surface area contributed by atoms with E-state index in [1.807, 2.05) is 6.92 Å². The summed E-state index contributed by atoms with van der Waals surface area (Å²) in [7, 11) is 0. The summed E-state index contributed by atoms with van der Waals surface area (Å²) in [6, 6.07) is 8.82. The van der Waals surface area contributed by atoms with Crippen LogP contribution in [-0.4, -0.2) is 6.61 Å². The molecule has 2 nitrogen and oxygen atoms in total. The lowest BCUT2D eigenvalue weighted by molar-refractivity contribution is 0.340. The second kappa shape index (κ2) is 6.44. The topological polar surface area (TPSA) is 35.2 Å². The van der Waals surface area contributed by atoms with Crippen molar-refractivity contribution in [1.82, 2.24) is 0 Å². The molecule has 106 valence electrons. The smallest absolute Gasteiger partial charge is 0.139 e. The van der Waals surface area contributed by atoms with Crippen molar-refractivity contribution in [2.75, 3.05) is 6.61 Å². The molecule has 0 radical (unpaired) electrons. The Bertz CT molecular complexity index is 602. The molecule has 0 saturated heterocycles. The van der Waals surface area contributed by atoms with E-state index in [-0.39, 0.29) is 5.82 Å². The largest absolute Gasteiger partial charge is 0.492 e. The molecule has 0 aliphatic carbocycles. The van der Waals surface area contributed by atoms with Crippen molar-refractivity contribution >= 4 is 23.2 Å². The minimum Gasteiger partial charge on any atom is -0.492 e. The second-order valence-electron chi connectivity index (χ2n) is 4.27. The first-order valence-electron chi connectivity index (χ1n) is 6.15. The van der Waals surface area contributed by atoms with Gasteiger partial charge in [-0.2, -0.15) is 0 Å². The molecular weight excluding hydrogens is 300 g/mol. The van der Waals surface area contributed by atoms with Crippen molar-refractivity contribution < 1.29 is 9.13 Å². The number of halogens is 3. The molecule has 5 heteroatoms. The van der Waals surface area contributed by atoms with Crippen LogP contribution in [0.4, 0.5) is 4.39 Å². The fourth-order valence-electron chi connectivity index (χ4n) is 1.90. The van der Waals surface area contributed by atoms with Crippen LogP contribution in [0.25, 0.3) is 0 Å². The molecule has 0 amide bonds. The van der Waals surface area contributed by atoms with Crippen molar-refractivity contribution in [1.29, 1.82) is 0 Å². The van der Waals surface area contributed by atoms with E-state index in [1.165, 1.54) is 12.1 Å². The first-order valence-corrected chi connectivity index (χ1v) is 6.91. The summed E-state index contributed by atoms with van der Waals surface area (Å²) >= 11 is 12.4. The lowest BCUT2D eigenvalue weighted by Gasteiger charge is -2.16. The van der Waals surface area contributed by atoms with Gasteiger partial charge in [-0.25, -0.2) is 4.39 Å². The minimum absolute atomic E-state index is 0.309.